The van der Waals surface area contributed by atoms with Gasteiger partial charge in [-0.3, -0.25) is 10.1 Å². The molecule has 82 valence electrons. The quantitative estimate of drug-likeness (QED) is 0.775. The molecule has 2 N–H and O–H groups in total. The molecule has 2 rings (SSSR count). The third-order valence-electron chi connectivity index (χ3n) is 3.23. The van der Waals surface area contributed by atoms with E-state index in [1.807, 2.05) is 0 Å². The van der Waals surface area contributed by atoms with Crippen LogP contribution in [-0.2, 0) is 4.79 Å². The van der Waals surface area contributed by atoms with E-state index in [4.69, 9.17) is 0 Å². The Kier molecular flexibility index (Phi) is 2.46. The van der Waals surface area contributed by atoms with Crippen LogP contribution in [0.3, 0.4) is 0 Å². The van der Waals surface area contributed by atoms with Crippen LogP contribution in [0.4, 0.5) is 5.95 Å². The van der Waals surface area contributed by atoms with Crippen molar-refractivity contribution in [3.63, 3.8) is 0 Å². The number of nitrogens with zero attached hydrogens (tertiary/aromatic N) is 2. The highest BCUT2D eigenvalue weighted by Gasteiger charge is 2.39. The Bertz CT molecular complexity index is 344. The van der Waals surface area contributed by atoms with Crippen molar-refractivity contribution in [2.45, 2.75) is 33.1 Å². The molecule has 5 heteroatoms. The predicted octanol–water partition coefficient (Wildman–Crippen LogP) is 1.57. The first-order chi connectivity index (χ1) is 7.09. The summed E-state index contributed by atoms with van der Waals surface area (Å²) < 4.78 is 0. The molecule has 1 atom stereocenters. The van der Waals surface area contributed by atoms with Crippen molar-refractivity contribution in [1.29, 1.82) is 0 Å². The second-order valence-electron chi connectivity index (χ2n) is 4.76. The van der Waals surface area contributed by atoms with Gasteiger partial charge in [0, 0.05) is 5.92 Å². The molecule has 0 bridgehead atoms. The molecule has 5 nitrogen and oxygen atoms in total. The molecule has 0 aromatic carbocycles. The van der Waals surface area contributed by atoms with E-state index >= 15 is 0 Å². The summed E-state index contributed by atoms with van der Waals surface area (Å²) in [4.78, 5) is 15.8. The molecule has 0 radical (unpaired) electrons. The van der Waals surface area contributed by atoms with Crippen LogP contribution >= 0.6 is 0 Å². The maximum Gasteiger partial charge on any atom is 0.230 e. The van der Waals surface area contributed by atoms with Gasteiger partial charge >= 0.3 is 0 Å². The van der Waals surface area contributed by atoms with Gasteiger partial charge in [-0.05, 0) is 18.3 Å². The lowest BCUT2D eigenvalue weighted by atomic mass is 9.81. The number of amides is 1. The minimum absolute atomic E-state index is 0.0502. The summed E-state index contributed by atoms with van der Waals surface area (Å²) in [6.45, 7) is 4.29. The van der Waals surface area contributed by atoms with Crippen LogP contribution in [-0.4, -0.2) is 21.1 Å². The maximum absolute atomic E-state index is 11.9. The number of aromatic amines is 1. The first kappa shape index (κ1) is 10.1. The van der Waals surface area contributed by atoms with Crippen molar-refractivity contribution in [2.24, 2.45) is 11.3 Å². The number of rotatable bonds is 2. The van der Waals surface area contributed by atoms with E-state index in [9.17, 15) is 4.79 Å². The maximum atomic E-state index is 11.9. The number of nitrogens with one attached hydrogen (secondary N) is 2. The molecule has 0 aliphatic heterocycles. The monoisotopic (exact) mass is 208 g/mol. The van der Waals surface area contributed by atoms with E-state index in [-0.39, 0.29) is 17.2 Å². The lowest BCUT2D eigenvalue weighted by Gasteiger charge is -2.25. The molecule has 0 spiro atoms. The Morgan fingerprint density at radius 2 is 2.47 bits per heavy atom. The first-order valence-corrected chi connectivity index (χ1v) is 5.26. The van der Waals surface area contributed by atoms with E-state index in [1.54, 1.807) is 0 Å². The molecule has 1 heterocycles. The van der Waals surface area contributed by atoms with Gasteiger partial charge in [-0.25, -0.2) is 5.10 Å². The highest BCUT2D eigenvalue weighted by atomic mass is 16.2. The van der Waals surface area contributed by atoms with Gasteiger partial charge in [0.2, 0.25) is 11.9 Å². The first-order valence-electron chi connectivity index (χ1n) is 5.26. The van der Waals surface area contributed by atoms with Crippen molar-refractivity contribution < 1.29 is 4.79 Å². The number of hydrogen-bond acceptors (Lipinski definition) is 3. The van der Waals surface area contributed by atoms with Gasteiger partial charge in [0.15, 0.2) is 0 Å². The second-order valence-corrected chi connectivity index (χ2v) is 4.76. The number of hydrogen-bond donors (Lipinski definition) is 2. The minimum atomic E-state index is 0.0502. The number of H-pyrrole nitrogens is 1. The van der Waals surface area contributed by atoms with Crippen LogP contribution in [0, 0.1) is 11.3 Å². The van der Waals surface area contributed by atoms with Gasteiger partial charge in [0.25, 0.3) is 0 Å². The van der Waals surface area contributed by atoms with Crippen molar-refractivity contribution in [2.75, 3.05) is 5.32 Å². The number of aromatic nitrogens is 3. The van der Waals surface area contributed by atoms with Crippen LogP contribution < -0.4 is 5.32 Å². The second kappa shape index (κ2) is 3.64. The Morgan fingerprint density at radius 3 is 3.00 bits per heavy atom. The zero-order valence-corrected chi connectivity index (χ0v) is 9.08. The summed E-state index contributed by atoms with van der Waals surface area (Å²) in [6, 6.07) is 0. The zero-order valence-electron chi connectivity index (χ0n) is 9.08. The van der Waals surface area contributed by atoms with Crippen LogP contribution in [0.25, 0.3) is 0 Å². The number of anilines is 1. The van der Waals surface area contributed by atoms with E-state index in [0.717, 1.165) is 19.3 Å². The predicted molar refractivity (Wildman–Crippen MR) is 56.1 cm³/mol. The molecule has 1 aromatic heterocycles. The SMILES string of the molecule is CC1(C)CCCC1C(=O)Nc1ncn[nH]1. The molecular formula is C10H16N4O. The Balaban J connectivity index is 2.02. The van der Waals surface area contributed by atoms with E-state index in [1.165, 1.54) is 6.33 Å². The molecule has 15 heavy (non-hydrogen) atoms. The van der Waals surface area contributed by atoms with E-state index in [2.05, 4.69) is 34.3 Å². The molecule has 1 unspecified atom stereocenters. The van der Waals surface area contributed by atoms with Crippen molar-refractivity contribution >= 4 is 11.9 Å². The summed E-state index contributed by atoms with van der Waals surface area (Å²) in [5.74, 6) is 0.569. The molecule has 1 aromatic rings. The summed E-state index contributed by atoms with van der Waals surface area (Å²) in [6.07, 6.45) is 4.59. The fourth-order valence-corrected chi connectivity index (χ4v) is 2.28. The fraction of sp³-hybridized carbons (Fsp3) is 0.700. The van der Waals surface area contributed by atoms with Gasteiger partial charge in [-0.1, -0.05) is 20.3 Å². The van der Waals surface area contributed by atoms with Crippen LogP contribution in [0.1, 0.15) is 33.1 Å². The van der Waals surface area contributed by atoms with E-state index < -0.39 is 0 Å². The zero-order chi connectivity index (χ0) is 10.9. The molecular weight excluding hydrogens is 192 g/mol. The van der Waals surface area contributed by atoms with E-state index in [0.29, 0.717) is 5.95 Å². The lowest BCUT2D eigenvalue weighted by molar-refractivity contribution is -0.122. The third kappa shape index (κ3) is 2.00. The minimum Gasteiger partial charge on any atom is -0.295 e. The van der Waals surface area contributed by atoms with Crippen LogP contribution in [0.5, 0.6) is 0 Å². The van der Waals surface area contributed by atoms with Gasteiger partial charge in [0.1, 0.15) is 6.33 Å². The number of carbonyl (C=O) groups is 1. The van der Waals surface area contributed by atoms with Crippen molar-refractivity contribution in [1.82, 2.24) is 15.2 Å². The topological polar surface area (TPSA) is 70.7 Å². The largest absolute Gasteiger partial charge is 0.295 e. The molecule has 0 saturated heterocycles. The summed E-state index contributed by atoms with van der Waals surface area (Å²) >= 11 is 0. The molecule has 1 saturated carbocycles. The van der Waals surface area contributed by atoms with Gasteiger partial charge in [-0.2, -0.15) is 10.1 Å². The normalized spacial score (nSPS) is 24.0. The smallest absolute Gasteiger partial charge is 0.230 e. The van der Waals surface area contributed by atoms with Crippen molar-refractivity contribution in [3.05, 3.63) is 6.33 Å². The molecule has 1 fully saturated rings. The van der Waals surface area contributed by atoms with Crippen LogP contribution in [0.2, 0.25) is 0 Å². The molecule has 1 amide bonds. The molecule has 1 aliphatic rings. The average molecular weight is 208 g/mol. The van der Waals surface area contributed by atoms with Gasteiger partial charge < -0.3 is 0 Å². The van der Waals surface area contributed by atoms with Crippen molar-refractivity contribution in [3.8, 4) is 0 Å². The Morgan fingerprint density at radius 1 is 1.67 bits per heavy atom. The standard InChI is InChI=1S/C10H16N4O/c1-10(2)5-3-4-7(10)8(15)13-9-11-6-12-14-9/h6-7H,3-5H2,1-2H3,(H2,11,12,13,14,15). The number of carbonyl (C=O) groups excluding carboxylic acids is 1. The third-order valence-corrected chi connectivity index (χ3v) is 3.23. The van der Waals surface area contributed by atoms with Gasteiger partial charge in [-0.15, -0.1) is 0 Å². The summed E-state index contributed by atoms with van der Waals surface area (Å²) in [5.41, 5.74) is 0.101. The summed E-state index contributed by atoms with van der Waals surface area (Å²) in [7, 11) is 0. The Hall–Kier alpha value is -1.39. The lowest BCUT2D eigenvalue weighted by Crippen LogP contribution is -2.31. The van der Waals surface area contributed by atoms with Gasteiger partial charge in [0.05, 0.1) is 0 Å². The fourth-order valence-electron chi connectivity index (χ4n) is 2.28. The highest BCUT2D eigenvalue weighted by molar-refractivity contribution is 5.91. The highest BCUT2D eigenvalue weighted by Crippen LogP contribution is 2.42. The summed E-state index contributed by atoms with van der Waals surface area (Å²) in [5, 5.41) is 9.06. The van der Waals surface area contributed by atoms with Crippen LogP contribution in [0.15, 0.2) is 6.33 Å². The Labute approximate surface area is 88.7 Å². The molecule has 1 aliphatic carbocycles. The average Bonchev–Trinajstić information content (AvgIpc) is 2.73.